The molecule has 0 amide bonds. The van der Waals surface area contributed by atoms with E-state index in [-0.39, 0.29) is 11.3 Å². The second kappa shape index (κ2) is 5.81. The summed E-state index contributed by atoms with van der Waals surface area (Å²) in [6, 6.07) is 4.63. The Balaban J connectivity index is 3.32. The zero-order valence-corrected chi connectivity index (χ0v) is 10.3. The quantitative estimate of drug-likeness (QED) is 0.465. The average Bonchev–Trinajstić information content (AvgIpc) is 2.37. The number of ether oxygens (including phenoxy) is 2. The topological polar surface area (TPSA) is 78.7 Å². The van der Waals surface area contributed by atoms with Gasteiger partial charge in [0.25, 0.3) is 0 Å². The highest BCUT2D eigenvalue weighted by Crippen LogP contribution is 2.21. The lowest BCUT2D eigenvalue weighted by molar-refractivity contribution is -0.422. The van der Waals surface area contributed by atoms with Crippen molar-refractivity contribution < 1.29 is 19.2 Å². The van der Waals surface area contributed by atoms with Gasteiger partial charge in [0.1, 0.15) is 5.75 Å². The van der Waals surface area contributed by atoms with Gasteiger partial charge in [0.15, 0.2) is 0 Å². The van der Waals surface area contributed by atoms with Gasteiger partial charge < -0.3 is 9.47 Å². The van der Waals surface area contributed by atoms with Gasteiger partial charge in [0, 0.05) is 13.0 Å². The van der Waals surface area contributed by atoms with E-state index >= 15 is 0 Å². The molecular weight excluding hydrogens is 238 g/mol. The first-order chi connectivity index (χ1) is 8.49. The monoisotopic (exact) mass is 251 g/mol. The van der Waals surface area contributed by atoms with Crippen LogP contribution in [0.1, 0.15) is 22.8 Å². The summed E-state index contributed by atoms with van der Waals surface area (Å²) in [5, 5.41) is 10.6. The number of hydrogen-bond donors (Lipinski definition) is 0. The van der Waals surface area contributed by atoms with Crippen LogP contribution in [0.2, 0.25) is 0 Å². The Hall–Kier alpha value is -2.37. The molecule has 0 aliphatic heterocycles. The average molecular weight is 251 g/mol. The van der Waals surface area contributed by atoms with Crippen LogP contribution < -0.4 is 4.74 Å². The molecule has 0 aliphatic carbocycles. The van der Waals surface area contributed by atoms with E-state index in [0.717, 1.165) is 0 Å². The Morgan fingerprint density at radius 1 is 1.39 bits per heavy atom. The van der Waals surface area contributed by atoms with E-state index in [4.69, 9.17) is 4.74 Å². The van der Waals surface area contributed by atoms with Gasteiger partial charge in [-0.3, -0.25) is 10.1 Å². The van der Waals surface area contributed by atoms with Crippen LogP contribution in [0.25, 0.3) is 6.08 Å². The smallest absolute Gasteiger partial charge is 0.338 e. The molecule has 0 heterocycles. The van der Waals surface area contributed by atoms with Gasteiger partial charge in [-0.05, 0) is 23.8 Å². The minimum absolute atomic E-state index is 0.0755. The molecule has 0 fully saturated rings. The summed E-state index contributed by atoms with van der Waals surface area (Å²) in [7, 11) is 2.72. The number of esters is 1. The third-order valence-corrected chi connectivity index (χ3v) is 2.32. The summed E-state index contributed by atoms with van der Waals surface area (Å²) >= 11 is 0. The zero-order valence-electron chi connectivity index (χ0n) is 10.3. The molecule has 0 N–H and O–H groups in total. The van der Waals surface area contributed by atoms with E-state index in [1.807, 2.05) is 0 Å². The molecule has 0 radical (unpaired) electrons. The molecule has 0 aromatic heterocycles. The highest BCUT2D eigenvalue weighted by molar-refractivity contribution is 5.93. The van der Waals surface area contributed by atoms with E-state index in [1.54, 1.807) is 12.1 Å². The van der Waals surface area contributed by atoms with E-state index in [1.165, 1.54) is 33.3 Å². The van der Waals surface area contributed by atoms with Crippen LogP contribution in [0.5, 0.6) is 5.75 Å². The minimum atomic E-state index is -0.556. The Morgan fingerprint density at radius 2 is 2.06 bits per heavy atom. The summed E-state index contributed by atoms with van der Waals surface area (Å²) in [6.45, 7) is 1.35. The van der Waals surface area contributed by atoms with E-state index < -0.39 is 10.9 Å². The van der Waals surface area contributed by atoms with Crippen molar-refractivity contribution in [2.24, 2.45) is 0 Å². The first-order valence-corrected chi connectivity index (χ1v) is 5.08. The van der Waals surface area contributed by atoms with Crippen LogP contribution in [0, 0.1) is 10.1 Å². The maximum atomic E-state index is 11.5. The first-order valence-electron chi connectivity index (χ1n) is 5.08. The fraction of sp³-hybridized carbons (Fsp3) is 0.250. The van der Waals surface area contributed by atoms with Crippen molar-refractivity contribution in [2.75, 3.05) is 14.2 Å². The normalized spacial score (nSPS) is 10.9. The number of hydrogen-bond acceptors (Lipinski definition) is 5. The van der Waals surface area contributed by atoms with Crippen molar-refractivity contribution >= 4 is 12.0 Å². The molecule has 0 saturated heterocycles. The van der Waals surface area contributed by atoms with Crippen molar-refractivity contribution in [1.29, 1.82) is 0 Å². The molecule has 96 valence electrons. The standard InChI is InChI=1S/C12H13NO5/c1-8(13(15)16)6-9-7-10(17-2)4-5-11(9)12(14)18-3/h4-7H,1-3H3/b8-6+. The molecule has 0 spiro atoms. The van der Waals surface area contributed by atoms with Crippen LogP contribution >= 0.6 is 0 Å². The zero-order chi connectivity index (χ0) is 13.7. The van der Waals surface area contributed by atoms with Gasteiger partial charge in [-0.2, -0.15) is 0 Å². The second-order valence-corrected chi connectivity index (χ2v) is 3.49. The molecule has 0 bridgehead atoms. The lowest BCUT2D eigenvalue weighted by atomic mass is 10.1. The SMILES string of the molecule is COC(=O)c1ccc(OC)cc1/C=C(\C)[N+](=O)[O-]. The molecule has 18 heavy (non-hydrogen) atoms. The van der Waals surface area contributed by atoms with Crippen LogP contribution in [0.3, 0.4) is 0 Å². The molecule has 0 saturated carbocycles. The number of rotatable bonds is 4. The summed E-state index contributed by atoms with van der Waals surface area (Å²) in [5.41, 5.74) is 0.559. The number of nitrogens with zero attached hydrogens (tertiary/aromatic N) is 1. The van der Waals surface area contributed by atoms with Crippen molar-refractivity contribution in [1.82, 2.24) is 0 Å². The van der Waals surface area contributed by atoms with Crippen molar-refractivity contribution in [3.05, 3.63) is 45.1 Å². The summed E-state index contributed by atoms with van der Waals surface area (Å²) < 4.78 is 9.63. The van der Waals surface area contributed by atoms with E-state index in [0.29, 0.717) is 11.3 Å². The van der Waals surface area contributed by atoms with E-state index in [9.17, 15) is 14.9 Å². The van der Waals surface area contributed by atoms with Crippen LogP contribution in [0.15, 0.2) is 23.9 Å². The van der Waals surface area contributed by atoms with Gasteiger partial charge >= 0.3 is 5.97 Å². The van der Waals surface area contributed by atoms with Gasteiger partial charge in [-0.15, -0.1) is 0 Å². The van der Waals surface area contributed by atoms with Crippen molar-refractivity contribution in [3.8, 4) is 5.75 Å². The van der Waals surface area contributed by atoms with Gasteiger partial charge in [-0.25, -0.2) is 4.79 Å². The Kier molecular flexibility index (Phi) is 4.42. The first kappa shape index (κ1) is 13.7. The Labute approximate surface area is 104 Å². The maximum Gasteiger partial charge on any atom is 0.338 e. The summed E-state index contributed by atoms with van der Waals surface area (Å²) in [6.07, 6.45) is 1.30. The second-order valence-electron chi connectivity index (χ2n) is 3.49. The van der Waals surface area contributed by atoms with Crippen LogP contribution in [-0.4, -0.2) is 25.1 Å². The lowest BCUT2D eigenvalue weighted by Crippen LogP contribution is -2.04. The van der Waals surface area contributed by atoms with Gasteiger partial charge in [0.2, 0.25) is 5.70 Å². The highest BCUT2D eigenvalue weighted by atomic mass is 16.6. The number of carbonyl (C=O) groups is 1. The number of benzene rings is 1. The highest BCUT2D eigenvalue weighted by Gasteiger charge is 2.13. The molecular formula is C12H13NO5. The maximum absolute atomic E-state index is 11.5. The van der Waals surface area contributed by atoms with Crippen LogP contribution in [-0.2, 0) is 4.74 Å². The molecule has 6 nitrogen and oxygen atoms in total. The van der Waals surface area contributed by atoms with Crippen molar-refractivity contribution in [3.63, 3.8) is 0 Å². The van der Waals surface area contributed by atoms with Crippen LogP contribution in [0.4, 0.5) is 0 Å². The van der Waals surface area contributed by atoms with Gasteiger partial charge in [0.05, 0.1) is 24.7 Å². The van der Waals surface area contributed by atoms with Crippen molar-refractivity contribution in [2.45, 2.75) is 6.92 Å². The minimum Gasteiger partial charge on any atom is -0.497 e. The molecule has 0 unspecified atom stereocenters. The largest absolute Gasteiger partial charge is 0.497 e. The molecule has 1 aromatic rings. The number of nitro groups is 1. The van der Waals surface area contributed by atoms with Gasteiger partial charge in [-0.1, -0.05) is 0 Å². The number of methoxy groups -OCH3 is 2. The van der Waals surface area contributed by atoms with E-state index in [2.05, 4.69) is 4.74 Å². The summed E-state index contributed by atoms with van der Waals surface area (Å²) in [5.74, 6) is -0.0508. The molecule has 1 rings (SSSR count). The molecule has 0 atom stereocenters. The predicted octanol–water partition coefficient (Wildman–Crippen LogP) is 2.12. The molecule has 6 heteroatoms. The third kappa shape index (κ3) is 3.07. The third-order valence-electron chi connectivity index (χ3n) is 2.32. The fourth-order valence-corrected chi connectivity index (χ4v) is 1.36. The Bertz CT molecular complexity index is 507. The molecule has 0 aliphatic rings. The number of allylic oxidation sites excluding steroid dienone is 1. The number of carbonyl (C=O) groups excluding carboxylic acids is 1. The lowest BCUT2D eigenvalue weighted by Gasteiger charge is -2.06. The fourth-order valence-electron chi connectivity index (χ4n) is 1.36. The molecule has 1 aromatic carbocycles. The predicted molar refractivity (Wildman–Crippen MR) is 65.0 cm³/mol. The Morgan fingerprint density at radius 3 is 2.56 bits per heavy atom. The summed E-state index contributed by atoms with van der Waals surface area (Å²) in [4.78, 5) is 21.6.